The van der Waals surface area contributed by atoms with Crippen molar-refractivity contribution in [3.63, 3.8) is 0 Å². The van der Waals surface area contributed by atoms with Gasteiger partial charge in [0.05, 0.1) is 0 Å². The van der Waals surface area contributed by atoms with E-state index < -0.39 is 0 Å². The van der Waals surface area contributed by atoms with Gasteiger partial charge in [0, 0.05) is 10.2 Å². The number of alkyl halides is 2. The predicted molar refractivity (Wildman–Crippen MR) is 53.6 cm³/mol. The lowest BCUT2D eigenvalue weighted by Gasteiger charge is -2.04. The quantitative estimate of drug-likeness (QED) is 0.824. The van der Waals surface area contributed by atoms with Gasteiger partial charge in [-0.1, -0.05) is 44.0 Å². The van der Waals surface area contributed by atoms with Gasteiger partial charge in [-0.15, -0.1) is 0 Å². The largest absolute Gasteiger partial charge is 0.508 e. The zero-order valence-electron chi connectivity index (χ0n) is 5.80. The molecule has 0 spiro atoms. The Morgan fingerprint density at radius 1 is 1.27 bits per heavy atom. The molecule has 1 aromatic rings. The summed E-state index contributed by atoms with van der Waals surface area (Å²) in [6, 6.07) is 7.17. The number of hydrogen-bond donors (Lipinski definition) is 1. The fourth-order valence-corrected chi connectivity index (χ4v) is 1.45. The van der Waals surface area contributed by atoms with Gasteiger partial charge in [-0.2, -0.15) is 0 Å². The summed E-state index contributed by atoms with van der Waals surface area (Å²) in [6.45, 7) is 0. The molecule has 0 amide bonds. The van der Waals surface area contributed by atoms with Crippen molar-refractivity contribution in [1.29, 1.82) is 0 Å². The van der Waals surface area contributed by atoms with Crippen molar-refractivity contribution in [2.24, 2.45) is 0 Å². The molecule has 0 saturated carbocycles. The molecule has 1 N–H and O–H groups in total. The van der Waals surface area contributed by atoms with E-state index in [9.17, 15) is 0 Å². The number of hydrogen-bond acceptors (Lipinski definition) is 1. The van der Waals surface area contributed by atoms with Crippen LogP contribution >= 0.6 is 31.9 Å². The topological polar surface area (TPSA) is 20.2 Å². The molecule has 0 aromatic heterocycles. The first-order valence-corrected chi connectivity index (χ1v) is 5.26. The molecule has 0 aliphatic heterocycles. The maximum Gasteiger partial charge on any atom is 0.115 e. The fourth-order valence-electron chi connectivity index (χ4n) is 0.772. The molecular weight excluding hydrogens is 272 g/mol. The second kappa shape index (κ2) is 4.12. The Balaban J connectivity index is 2.81. The molecule has 0 radical (unpaired) electrons. The SMILES string of the molecule is Oc1ccc(C(Br)CBr)cc1. The Morgan fingerprint density at radius 3 is 2.27 bits per heavy atom. The summed E-state index contributed by atoms with van der Waals surface area (Å²) < 4.78 is 0. The summed E-state index contributed by atoms with van der Waals surface area (Å²) in [7, 11) is 0. The monoisotopic (exact) mass is 278 g/mol. The van der Waals surface area contributed by atoms with Crippen LogP contribution in [0.5, 0.6) is 5.75 Å². The molecule has 11 heavy (non-hydrogen) atoms. The second-order valence-electron chi connectivity index (χ2n) is 2.21. The van der Waals surface area contributed by atoms with Gasteiger partial charge in [-0.3, -0.25) is 0 Å². The van der Waals surface area contributed by atoms with Crippen molar-refractivity contribution in [2.45, 2.75) is 4.83 Å². The minimum atomic E-state index is 0.308. The lowest BCUT2D eigenvalue weighted by Crippen LogP contribution is -1.88. The van der Waals surface area contributed by atoms with Crippen LogP contribution < -0.4 is 0 Å². The molecule has 0 saturated heterocycles. The number of aromatic hydroxyl groups is 1. The molecule has 60 valence electrons. The van der Waals surface area contributed by atoms with E-state index >= 15 is 0 Å². The molecule has 0 heterocycles. The Bertz CT molecular complexity index is 220. The molecule has 0 bridgehead atoms. The number of rotatable bonds is 2. The highest BCUT2D eigenvalue weighted by atomic mass is 79.9. The van der Waals surface area contributed by atoms with Gasteiger partial charge < -0.3 is 5.11 Å². The smallest absolute Gasteiger partial charge is 0.115 e. The fraction of sp³-hybridized carbons (Fsp3) is 0.250. The number of phenolic OH excluding ortho intramolecular Hbond substituents is 1. The van der Waals surface area contributed by atoms with Gasteiger partial charge in [-0.25, -0.2) is 0 Å². The van der Waals surface area contributed by atoms with Crippen LogP contribution in [-0.2, 0) is 0 Å². The summed E-state index contributed by atoms with van der Waals surface area (Å²) in [5, 5.41) is 9.86. The maximum atomic E-state index is 8.98. The van der Waals surface area contributed by atoms with E-state index in [1.54, 1.807) is 12.1 Å². The Morgan fingerprint density at radius 2 is 1.82 bits per heavy atom. The van der Waals surface area contributed by atoms with Gasteiger partial charge >= 0.3 is 0 Å². The van der Waals surface area contributed by atoms with Crippen molar-refractivity contribution in [3.05, 3.63) is 29.8 Å². The molecule has 0 aliphatic carbocycles. The van der Waals surface area contributed by atoms with Gasteiger partial charge in [0.1, 0.15) is 5.75 Å². The Labute approximate surface area is 82.7 Å². The van der Waals surface area contributed by atoms with Crippen LogP contribution in [0.3, 0.4) is 0 Å². The number of halogens is 2. The van der Waals surface area contributed by atoms with Crippen LogP contribution in [0.4, 0.5) is 0 Å². The van der Waals surface area contributed by atoms with Crippen LogP contribution in [-0.4, -0.2) is 10.4 Å². The van der Waals surface area contributed by atoms with E-state index in [-0.39, 0.29) is 0 Å². The first kappa shape index (κ1) is 9.07. The third-order valence-corrected chi connectivity index (χ3v) is 3.76. The van der Waals surface area contributed by atoms with Gasteiger partial charge in [0.15, 0.2) is 0 Å². The van der Waals surface area contributed by atoms with Crippen LogP contribution in [0.2, 0.25) is 0 Å². The molecule has 1 nitrogen and oxygen atoms in total. The van der Waals surface area contributed by atoms with Gasteiger partial charge in [-0.05, 0) is 17.7 Å². The summed E-state index contributed by atoms with van der Waals surface area (Å²) in [6.07, 6.45) is 0. The number of benzene rings is 1. The summed E-state index contributed by atoms with van der Waals surface area (Å²) in [4.78, 5) is 0.322. The lowest BCUT2D eigenvalue weighted by molar-refractivity contribution is 0.475. The number of phenols is 1. The van der Waals surface area contributed by atoms with Crippen molar-refractivity contribution < 1.29 is 5.11 Å². The second-order valence-corrected chi connectivity index (χ2v) is 3.97. The molecule has 1 atom stereocenters. The molecule has 1 unspecified atom stereocenters. The molecular formula is C8H8Br2O. The standard InChI is InChI=1S/C8H8Br2O/c9-5-8(10)6-1-3-7(11)4-2-6/h1-4,8,11H,5H2. The van der Waals surface area contributed by atoms with E-state index in [4.69, 9.17) is 5.11 Å². The van der Waals surface area contributed by atoms with Gasteiger partial charge in [0.2, 0.25) is 0 Å². The minimum absolute atomic E-state index is 0.308. The first-order chi connectivity index (χ1) is 5.24. The molecule has 1 rings (SSSR count). The zero-order chi connectivity index (χ0) is 8.27. The summed E-state index contributed by atoms with van der Waals surface area (Å²) in [5.74, 6) is 0.308. The van der Waals surface area contributed by atoms with E-state index in [0.717, 1.165) is 5.33 Å². The summed E-state index contributed by atoms with van der Waals surface area (Å²) >= 11 is 6.84. The van der Waals surface area contributed by atoms with E-state index in [2.05, 4.69) is 31.9 Å². The Kier molecular flexibility index (Phi) is 3.40. The van der Waals surface area contributed by atoms with Crippen molar-refractivity contribution >= 4 is 31.9 Å². The highest BCUT2D eigenvalue weighted by Gasteiger charge is 2.03. The highest BCUT2D eigenvalue weighted by Crippen LogP contribution is 2.25. The van der Waals surface area contributed by atoms with E-state index in [1.165, 1.54) is 5.56 Å². The zero-order valence-corrected chi connectivity index (χ0v) is 8.97. The van der Waals surface area contributed by atoms with Crippen LogP contribution in [0.1, 0.15) is 10.4 Å². The predicted octanol–water partition coefficient (Wildman–Crippen LogP) is 3.22. The third-order valence-electron chi connectivity index (χ3n) is 1.39. The van der Waals surface area contributed by atoms with Crippen molar-refractivity contribution in [3.8, 4) is 5.75 Å². The molecule has 3 heteroatoms. The Hall–Kier alpha value is -0.0200. The van der Waals surface area contributed by atoms with Crippen molar-refractivity contribution in [1.82, 2.24) is 0 Å². The van der Waals surface area contributed by atoms with Crippen LogP contribution in [0, 0.1) is 0 Å². The average molecular weight is 280 g/mol. The molecule has 0 aliphatic rings. The van der Waals surface area contributed by atoms with Crippen molar-refractivity contribution in [2.75, 3.05) is 5.33 Å². The average Bonchev–Trinajstić information content (AvgIpc) is 2.05. The minimum Gasteiger partial charge on any atom is -0.508 e. The summed E-state index contributed by atoms with van der Waals surface area (Å²) in [5.41, 5.74) is 1.17. The molecule has 1 aromatic carbocycles. The first-order valence-electron chi connectivity index (χ1n) is 3.23. The lowest BCUT2D eigenvalue weighted by atomic mass is 10.2. The van der Waals surface area contributed by atoms with Gasteiger partial charge in [0.25, 0.3) is 0 Å². The maximum absolute atomic E-state index is 8.98. The normalized spacial score (nSPS) is 12.9. The van der Waals surface area contributed by atoms with E-state index in [0.29, 0.717) is 10.6 Å². The third kappa shape index (κ3) is 2.49. The van der Waals surface area contributed by atoms with Crippen LogP contribution in [0.15, 0.2) is 24.3 Å². The highest BCUT2D eigenvalue weighted by molar-refractivity contribution is 9.12. The van der Waals surface area contributed by atoms with Crippen LogP contribution in [0.25, 0.3) is 0 Å². The molecule has 0 fully saturated rings. The van der Waals surface area contributed by atoms with E-state index in [1.807, 2.05) is 12.1 Å².